The maximum absolute atomic E-state index is 6.60. The van der Waals surface area contributed by atoms with Crippen LogP contribution < -0.4 is 5.73 Å². The smallest absolute Gasteiger partial charge is 0.236 e. The van der Waals surface area contributed by atoms with Gasteiger partial charge in [-0.1, -0.05) is 86.5 Å². The SMILES string of the molecule is C=C(C)N(/N=C(\Cc1nnc([C@](C)(N)Cc2ccccc2)o1)c1ccccc1)C1CCCCC1. The van der Waals surface area contributed by atoms with Crippen molar-refractivity contribution < 1.29 is 4.42 Å². The van der Waals surface area contributed by atoms with E-state index in [1.165, 1.54) is 19.3 Å². The Bertz CT molecular complexity index is 1100. The summed E-state index contributed by atoms with van der Waals surface area (Å²) in [5, 5.41) is 15.8. The van der Waals surface area contributed by atoms with Gasteiger partial charge in [0.2, 0.25) is 11.8 Å². The number of rotatable bonds is 9. The van der Waals surface area contributed by atoms with Gasteiger partial charge in [0.05, 0.1) is 23.7 Å². The molecule has 0 bridgehead atoms. The molecule has 1 aliphatic carbocycles. The van der Waals surface area contributed by atoms with Crippen LogP contribution in [0, 0.1) is 0 Å². The molecule has 1 aliphatic rings. The largest absolute Gasteiger partial charge is 0.423 e. The second-order valence-electron chi connectivity index (χ2n) is 9.54. The molecule has 0 spiro atoms. The summed E-state index contributed by atoms with van der Waals surface area (Å²) in [7, 11) is 0. The van der Waals surface area contributed by atoms with Crippen LogP contribution >= 0.6 is 0 Å². The zero-order valence-electron chi connectivity index (χ0n) is 20.3. The van der Waals surface area contributed by atoms with Crippen LogP contribution in [-0.2, 0) is 18.4 Å². The van der Waals surface area contributed by atoms with Gasteiger partial charge in [-0.2, -0.15) is 5.10 Å². The number of nitrogens with two attached hydrogens (primary N) is 1. The third-order valence-corrected chi connectivity index (χ3v) is 6.34. The Hall–Kier alpha value is -3.25. The molecule has 1 saturated carbocycles. The summed E-state index contributed by atoms with van der Waals surface area (Å²) in [5.74, 6) is 0.940. The quantitative estimate of drug-likeness (QED) is 0.334. The van der Waals surface area contributed by atoms with Crippen molar-refractivity contribution in [2.24, 2.45) is 10.8 Å². The molecule has 1 fully saturated rings. The first-order valence-electron chi connectivity index (χ1n) is 12.2. The molecule has 4 rings (SSSR count). The van der Waals surface area contributed by atoms with Crippen LogP contribution in [0.4, 0.5) is 0 Å². The van der Waals surface area contributed by atoms with Gasteiger partial charge in [0, 0.05) is 5.70 Å². The lowest BCUT2D eigenvalue weighted by atomic mass is 9.94. The first-order valence-corrected chi connectivity index (χ1v) is 12.2. The van der Waals surface area contributed by atoms with Crippen molar-refractivity contribution in [3.8, 4) is 0 Å². The van der Waals surface area contributed by atoms with E-state index in [4.69, 9.17) is 15.3 Å². The second kappa shape index (κ2) is 10.8. The van der Waals surface area contributed by atoms with Crippen LogP contribution in [0.15, 0.2) is 82.5 Å². The lowest BCUT2D eigenvalue weighted by molar-refractivity contribution is 0.208. The topological polar surface area (TPSA) is 80.5 Å². The summed E-state index contributed by atoms with van der Waals surface area (Å²) >= 11 is 0. The molecule has 0 unspecified atom stereocenters. The monoisotopic (exact) mass is 457 g/mol. The van der Waals surface area contributed by atoms with E-state index < -0.39 is 5.54 Å². The molecular weight excluding hydrogens is 422 g/mol. The summed E-state index contributed by atoms with van der Waals surface area (Å²) in [5.41, 5.74) is 9.82. The fourth-order valence-corrected chi connectivity index (χ4v) is 4.55. The minimum absolute atomic E-state index is 0.376. The minimum atomic E-state index is -0.761. The molecule has 0 aliphatic heterocycles. The van der Waals surface area contributed by atoms with E-state index in [2.05, 4.69) is 46.1 Å². The van der Waals surface area contributed by atoms with Crippen LogP contribution in [0.25, 0.3) is 0 Å². The van der Waals surface area contributed by atoms with Crippen LogP contribution in [0.3, 0.4) is 0 Å². The Morgan fingerprint density at radius 2 is 1.71 bits per heavy atom. The lowest BCUT2D eigenvalue weighted by Gasteiger charge is -2.33. The summed E-state index contributed by atoms with van der Waals surface area (Å²) in [6.07, 6.45) is 7.06. The normalized spacial score (nSPS) is 16.7. The number of aromatic nitrogens is 2. The second-order valence-corrected chi connectivity index (χ2v) is 9.54. The van der Waals surface area contributed by atoms with E-state index in [0.717, 1.165) is 35.4 Å². The number of nitrogens with zero attached hydrogens (tertiary/aromatic N) is 4. The average Bonchev–Trinajstić information content (AvgIpc) is 3.33. The summed E-state index contributed by atoms with van der Waals surface area (Å²) < 4.78 is 6.09. The number of hydrogen-bond donors (Lipinski definition) is 1. The molecule has 34 heavy (non-hydrogen) atoms. The predicted octanol–water partition coefficient (Wildman–Crippen LogP) is 5.60. The molecule has 1 heterocycles. The molecule has 0 radical (unpaired) electrons. The molecule has 2 aromatic carbocycles. The van der Waals surface area contributed by atoms with Crippen molar-refractivity contribution in [2.75, 3.05) is 0 Å². The van der Waals surface area contributed by atoms with Gasteiger partial charge in [0.25, 0.3) is 0 Å². The van der Waals surface area contributed by atoms with Crippen molar-refractivity contribution in [3.63, 3.8) is 0 Å². The van der Waals surface area contributed by atoms with Crippen molar-refractivity contribution in [1.29, 1.82) is 0 Å². The highest BCUT2D eigenvalue weighted by molar-refractivity contribution is 6.01. The standard InChI is InChI=1S/C28H35N5O/c1-21(2)33(24-17-11-6-12-18-24)32-25(23-15-9-5-10-16-23)19-26-30-31-27(34-26)28(3,29)20-22-13-7-4-8-14-22/h4-5,7-10,13-16,24H,1,6,11-12,17-20,29H2,2-3H3/b32-25+/t28-/m1/s1. The fraction of sp³-hybridized carbons (Fsp3) is 0.393. The minimum Gasteiger partial charge on any atom is -0.423 e. The van der Waals surface area contributed by atoms with Crippen LogP contribution in [0.5, 0.6) is 0 Å². The van der Waals surface area contributed by atoms with Gasteiger partial charge in [0.15, 0.2) is 0 Å². The number of allylic oxidation sites excluding steroid dienone is 1. The van der Waals surface area contributed by atoms with Gasteiger partial charge >= 0.3 is 0 Å². The molecule has 0 saturated heterocycles. The van der Waals surface area contributed by atoms with Crippen LogP contribution in [-0.4, -0.2) is 27.0 Å². The van der Waals surface area contributed by atoms with E-state index in [1.807, 2.05) is 50.2 Å². The van der Waals surface area contributed by atoms with E-state index in [0.29, 0.717) is 30.7 Å². The molecular formula is C28H35N5O. The molecule has 2 N–H and O–H groups in total. The van der Waals surface area contributed by atoms with E-state index in [9.17, 15) is 0 Å². The molecule has 3 aromatic rings. The maximum Gasteiger partial charge on any atom is 0.236 e. The number of benzene rings is 2. The Morgan fingerprint density at radius 3 is 2.35 bits per heavy atom. The lowest BCUT2D eigenvalue weighted by Crippen LogP contribution is -2.35. The van der Waals surface area contributed by atoms with Crippen molar-refractivity contribution in [1.82, 2.24) is 15.2 Å². The van der Waals surface area contributed by atoms with E-state index >= 15 is 0 Å². The van der Waals surface area contributed by atoms with Gasteiger partial charge < -0.3 is 10.2 Å². The molecule has 1 atom stereocenters. The van der Waals surface area contributed by atoms with Crippen molar-refractivity contribution in [2.45, 2.75) is 70.4 Å². The summed E-state index contributed by atoms with van der Waals surface area (Å²) in [6.45, 7) is 8.16. The third kappa shape index (κ3) is 6.00. The van der Waals surface area contributed by atoms with Crippen LogP contribution in [0.1, 0.15) is 68.9 Å². The van der Waals surface area contributed by atoms with Gasteiger partial charge in [-0.15, -0.1) is 10.2 Å². The fourth-order valence-electron chi connectivity index (χ4n) is 4.55. The highest BCUT2D eigenvalue weighted by Gasteiger charge is 2.29. The molecule has 6 nitrogen and oxygen atoms in total. The molecule has 178 valence electrons. The van der Waals surface area contributed by atoms with Gasteiger partial charge in [-0.25, -0.2) is 0 Å². The Kier molecular flexibility index (Phi) is 7.58. The first kappa shape index (κ1) is 23.9. The highest BCUT2D eigenvalue weighted by Crippen LogP contribution is 2.26. The van der Waals surface area contributed by atoms with Crippen molar-refractivity contribution >= 4 is 5.71 Å². The Balaban J connectivity index is 1.59. The zero-order valence-corrected chi connectivity index (χ0v) is 20.3. The van der Waals surface area contributed by atoms with Gasteiger partial charge in [0.1, 0.15) is 0 Å². The average molecular weight is 458 g/mol. The van der Waals surface area contributed by atoms with Gasteiger partial charge in [-0.05, 0) is 44.2 Å². The zero-order chi connectivity index (χ0) is 24.0. The maximum atomic E-state index is 6.60. The molecule has 1 aromatic heterocycles. The number of hydrazone groups is 1. The van der Waals surface area contributed by atoms with Crippen LogP contribution in [0.2, 0.25) is 0 Å². The first-order chi connectivity index (χ1) is 16.4. The predicted molar refractivity (Wildman–Crippen MR) is 136 cm³/mol. The van der Waals surface area contributed by atoms with E-state index in [-0.39, 0.29) is 0 Å². The van der Waals surface area contributed by atoms with Gasteiger partial charge in [-0.3, -0.25) is 5.01 Å². The molecule has 6 heteroatoms. The summed E-state index contributed by atoms with van der Waals surface area (Å²) in [6, 6.07) is 20.7. The van der Waals surface area contributed by atoms with E-state index in [1.54, 1.807) is 0 Å². The third-order valence-electron chi connectivity index (χ3n) is 6.34. The Morgan fingerprint density at radius 1 is 1.06 bits per heavy atom. The summed E-state index contributed by atoms with van der Waals surface area (Å²) in [4.78, 5) is 0. The number of hydrogen-bond acceptors (Lipinski definition) is 6. The van der Waals surface area contributed by atoms with Crippen molar-refractivity contribution in [3.05, 3.63) is 95.8 Å². The highest BCUT2D eigenvalue weighted by atomic mass is 16.4. The molecule has 0 amide bonds. The Labute approximate surface area is 202 Å².